The lowest BCUT2D eigenvalue weighted by Gasteiger charge is -2.45. The Morgan fingerprint density at radius 1 is 1.26 bits per heavy atom. The number of allylic oxidation sites excluding steroid dienone is 1. The number of ether oxygens (including phenoxy) is 2. The SMILES string of the molecule is CCOC(=O)C12CC=CCN(C(=O)OC(C)(C)C)C1CCCC2. The van der Waals surface area contributed by atoms with E-state index in [1.54, 1.807) is 4.90 Å². The van der Waals surface area contributed by atoms with E-state index < -0.39 is 11.0 Å². The maximum atomic E-state index is 12.7. The van der Waals surface area contributed by atoms with Crippen LogP contribution >= 0.6 is 0 Å². The fraction of sp³-hybridized carbons (Fsp3) is 0.778. The van der Waals surface area contributed by atoms with Crippen molar-refractivity contribution in [1.82, 2.24) is 4.90 Å². The molecule has 1 heterocycles. The number of hydrogen-bond donors (Lipinski definition) is 0. The van der Waals surface area contributed by atoms with Gasteiger partial charge in [-0.15, -0.1) is 0 Å². The van der Waals surface area contributed by atoms with Gasteiger partial charge in [-0.1, -0.05) is 25.0 Å². The highest BCUT2D eigenvalue weighted by Crippen LogP contribution is 2.45. The molecule has 1 fully saturated rings. The first-order chi connectivity index (χ1) is 10.8. The molecule has 2 rings (SSSR count). The molecule has 0 aromatic carbocycles. The van der Waals surface area contributed by atoms with Crippen molar-refractivity contribution in [3.8, 4) is 0 Å². The summed E-state index contributed by atoms with van der Waals surface area (Å²) >= 11 is 0. The summed E-state index contributed by atoms with van der Waals surface area (Å²) in [5.74, 6) is -0.176. The molecule has 0 aromatic rings. The molecule has 1 saturated carbocycles. The minimum atomic E-state index is -0.627. The van der Waals surface area contributed by atoms with Crippen molar-refractivity contribution in [2.45, 2.75) is 71.4 Å². The summed E-state index contributed by atoms with van der Waals surface area (Å²) in [6.07, 6.45) is 7.86. The summed E-state index contributed by atoms with van der Waals surface area (Å²) in [4.78, 5) is 27.1. The second-order valence-corrected chi connectivity index (χ2v) is 7.45. The van der Waals surface area contributed by atoms with Crippen LogP contribution in [0, 0.1) is 5.41 Å². The predicted octanol–water partition coefficient (Wildman–Crippen LogP) is 3.68. The van der Waals surface area contributed by atoms with Crippen molar-refractivity contribution >= 4 is 12.1 Å². The molecule has 1 aliphatic heterocycles. The molecule has 2 aliphatic rings. The summed E-state index contributed by atoms with van der Waals surface area (Å²) < 4.78 is 10.9. The van der Waals surface area contributed by atoms with Crippen LogP contribution in [-0.4, -0.2) is 41.8 Å². The van der Waals surface area contributed by atoms with Gasteiger partial charge in [0, 0.05) is 6.54 Å². The summed E-state index contributed by atoms with van der Waals surface area (Å²) in [6, 6.07) is -0.153. The molecule has 23 heavy (non-hydrogen) atoms. The average Bonchev–Trinajstić information content (AvgIpc) is 2.66. The Kier molecular flexibility index (Phi) is 5.37. The van der Waals surface area contributed by atoms with Crippen LogP contribution < -0.4 is 0 Å². The minimum absolute atomic E-state index is 0.153. The van der Waals surface area contributed by atoms with E-state index in [1.165, 1.54) is 0 Å². The molecule has 5 nitrogen and oxygen atoms in total. The average molecular weight is 323 g/mol. The molecule has 0 spiro atoms. The van der Waals surface area contributed by atoms with Crippen LogP contribution in [0.25, 0.3) is 0 Å². The monoisotopic (exact) mass is 323 g/mol. The maximum absolute atomic E-state index is 12.7. The van der Waals surface area contributed by atoms with Crippen LogP contribution in [0.3, 0.4) is 0 Å². The second kappa shape index (κ2) is 6.93. The summed E-state index contributed by atoms with van der Waals surface area (Å²) in [7, 11) is 0. The zero-order valence-corrected chi connectivity index (χ0v) is 14.8. The maximum Gasteiger partial charge on any atom is 0.410 e. The highest BCUT2D eigenvalue weighted by Gasteiger charge is 2.52. The standard InChI is InChI=1S/C18H29NO4/c1-5-22-15(20)18-11-7-6-10-14(18)19(13-9-8-12-18)16(21)23-17(2,3)4/h8-9,14H,5-7,10-13H2,1-4H3. The Morgan fingerprint density at radius 3 is 2.65 bits per heavy atom. The third-order valence-electron chi connectivity index (χ3n) is 4.63. The molecule has 0 N–H and O–H groups in total. The highest BCUT2D eigenvalue weighted by molar-refractivity contribution is 5.80. The van der Waals surface area contributed by atoms with Crippen LogP contribution in [0.2, 0.25) is 0 Å². The quantitative estimate of drug-likeness (QED) is 0.574. The van der Waals surface area contributed by atoms with Gasteiger partial charge in [0.2, 0.25) is 0 Å². The Bertz CT molecular complexity index is 480. The molecule has 0 bridgehead atoms. The molecular formula is C18H29NO4. The van der Waals surface area contributed by atoms with Crippen molar-refractivity contribution < 1.29 is 19.1 Å². The molecule has 130 valence electrons. The first-order valence-electron chi connectivity index (χ1n) is 8.62. The highest BCUT2D eigenvalue weighted by atomic mass is 16.6. The Labute approximate surface area is 139 Å². The molecular weight excluding hydrogens is 294 g/mol. The largest absolute Gasteiger partial charge is 0.465 e. The summed E-state index contributed by atoms with van der Waals surface area (Å²) in [6.45, 7) is 8.25. The van der Waals surface area contributed by atoms with Gasteiger partial charge >= 0.3 is 12.1 Å². The van der Waals surface area contributed by atoms with E-state index in [9.17, 15) is 9.59 Å². The summed E-state index contributed by atoms with van der Waals surface area (Å²) in [5.41, 5.74) is -1.17. The smallest absolute Gasteiger partial charge is 0.410 e. The minimum Gasteiger partial charge on any atom is -0.465 e. The molecule has 2 atom stereocenters. The van der Waals surface area contributed by atoms with E-state index in [4.69, 9.17) is 9.47 Å². The van der Waals surface area contributed by atoms with Gasteiger partial charge in [0.1, 0.15) is 5.60 Å². The van der Waals surface area contributed by atoms with E-state index in [0.29, 0.717) is 19.6 Å². The third kappa shape index (κ3) is 3.88. The van der Waals surface area contributed by atoms with Crippen molar-refractivity contribution in [1.29, 1.82) is 0 Å². The van der Waals surface area contributed by atoms with E-state index in [1.807, 2.05) is 39.8 Å². The first kappa shape index (κ1) is 17.8. The molecule has 0 saturated heterocycles. The Morgan fingerprint density at radius 2 is 2.00 bits per heavy atom. The van der Waals surface area contributed by atoms with E-state index in [-0.39, 0.29) is 18.1 Å². The fourth-order valence-corrected chi connectivity index (χ4v) is 3.64. The second-order valence-electron chi connectivity index (χ2n) is 7.45. The number of fused-ring (bicyclic) bond motifs is 1. The number of hydrogen-bond acceptors (Lipinski definition) is 4. The van der Waals surface area contributed by atoms with Gasteiger partial charge in [-0.25, -0.2) is 4.79 Å². The van der Waals surface area contributed by atoms with Crippen LogP contribution in [0.15, 0.2) is 12.2 Å². The molecule has 5 heteroatoms. The number of nitrogens with zero attached hydrogens (tertiary/aromatic N) is 1. The van der Waals surface area contributed by atoms with Gasteiger partial charge in [0.15, 0.2) is 0 Å². The number of carbonyl (C=O) groups excluding carboxylic acids is 2. The molecule has 1 amide bonds. The zero-order valence-electron chi connectivity index (χ0n) is 14.8. The lowest BCUT2D eigenvalue weighted by molar-refractivity contribution is -0.162. The Balaban J connectivity index is 2.31. The molecule has 0 aromatic heterocycles. The van der Waals surface area contributed by atoms with Crippen LogP contribution in [0.4, 0.5) is 4.79 Å². The number of esters is 1. The molecule has 0 radical (unpaired) electrons. The van der Waals surface area contributed by atoms with Crippen LogP contribution in [-0.2, 0) is 14.3 Å². The van der Waals surface area contributed by atoms with Crippen molar-refractivity contribution in [3.63, 3.8) is 0 Å². The normalized spacial score (nSPS) is 27.8. The van der Waals surface area contributed by atoms with Gasteiger partial charge in [-0.3, -0.25) is 4.79 Å². The third-order valence-corrected chi connectivity index (χ3v) is 4.63. The van der Waals surface area contributed by atoms with Crippen molar-refractivity contribution in [2.24, 2.45) is 5.41 Å². The lowest BCUT2D eigenvalue weighted by atomic mass is 9.68. The van der Waals surface area contributed by atoms with Crippen molar-refractivity contribution in [3.05, 3.63) is 12.2 Å². The van der Waals surface area contributed by atoms with Crippen LogP contribution in [0.5, 0.6) is 0 Å². The molecule has 2 unspecified atom stereocenters. The topological polar surface area (TPSA) is 55.8 Å². The fourth-order valence-electron chi connectivity index (χ4n) is 3.64. The van der Waals surface area contributed by atoms with E-state index in [0.717, 1.165) is 25.7 Å². The van der Waals surface area contributed by atoms with Crippen LogP contribution in [0.1, 0.15) is 59.8 Å². The first-order valence-corrected chi connectivity index (χ1v) is 8.62. The molecule has 1 aliphatic carbocycles. The van der Waals surface area contributed by atoms with E-state index >= 15 is 0 Å². The van der Waals surface area contributed by atoms with Crippen molar-refractivity contribution in [2.75, 3.05) is 13.2 Å². The van der Waals surface area contributed by atoms with E-state index in [2.05, 4.69) is 0 Å². The van der Waals surface area contributed by atoms with Gasteiger partial charge in [0.05, 0.1) is 18.1 Å². The zero-order chi connectivity index (χ0) is 17.1. The number of rotatable bonds is 2. The number of amides is 1. The number of carbonyl (C=O) groups is 2. The lowest BCUT2D eigenvalue weighted by Crippen LogP contribution is -2.56. The summed E-state index contributed by atoms with van der Waals surface area (Å²) in [5, 5.41) is 0. The van der Waals surface area contributed by atoms with Gasteiger partial charge in [-0.2, -0.15) is 0 Å². The Hall–Kier alpha value is -1.52. The predicted molar refractivity (Wildman–Crippen MR) is 88.0 cm³/mol. The van der Waals surface area contributed by atoms with Gasteiger partial charge < -0.3 is 14.4 Å². The van der Waals surface area contributed by atoms with Gasteiger partial charge in [0.25, 0.3) is 0 Å². The van der Waals surface area contributed by atoms with Gasteiger partial charge in [-0.05, 0) is 47.0 Å².